The van der Waals surface area contributed by atoms with Gasteiger partial charge in [-0.1, -0.05) is 41.9 Å². The van der Waals surface area contributed by atoms with E-state index in [0.717, 1.165) is 17.8 Å². The van der Waals surface area contributed by atoms with Crippen LogP contribution < -0.4 is 5.46 Å². The molecule has 0 atom stereocenters. The Kier molecular flexibility index (Phi) is 2.68. The predicted octanol–water partition coefficient (Wildman–Crippen LogP) is 2.80. The molecular formula is C11H8BF3N-. The molecule has 0 unspecified atom stereocenters. The number of benzene rings is 1. The fourth-order valence-corrected chi connectivity index (χ4v) is 1.38. The molecule has 0 aliphatic rings. The standard InChI is InChI=1S/C11H8BF3N/c13-12(14,15)10-6-7-11(16-8-10)9-4-2-1-3-5-9/h1-8H/q-1. The molecule has 2 rings (SSSR count). The Morgan fingerprint density at radius 1 is 0.875 bits per heavy atom. The Balaban J connectivity index is 2.34. The maximum Gasteiger partial charge on any atom is 0.511 e. The summed E-state index contributed by atoms with van der Waals surface area (Å²) in [5.74, 6) is 0. The third-order valence-corrected chi connectivity index (χ3v) is 2.23. The lowest BCUT2D eigenvalue weighted by atomic mass is 9.81. The summed E-state index contributed by atoms with van der Waals surface area (Å²) in [6.45, 7) is -4.96. The van der Waals surface area contributed by atoms with Crippen LogP contribution >= 0.6 is 0 Å². The van der Waals surface area contributed by atoms with Gasteiger partial charge in [0.15, 0.2) is 0 Å². The summed E-state index contributed by atoms with van der Waals surface area (Å²) in [7, 11) is 0. The summed E-state index contributed by atoms with van der Waals surface area (Å²) in [6, 6.07) is 11.5. The van der Waals surface area contributed by atoms with Crippen LogP contribution in [0.3, 0.4) is 0 Å². The van der Waals surface area contributed by atoms with E-state index < -0.39 is 12.4 Å². The third-order valence-electron chi connectivity index (χ3n) is 2.23. The van der Waals surface area contributed by atoms with Crippen LogP contribution in [0.1, 0.15) is 0 Å². The van der Waals surface area contributed by atoms with Gasteiger partial charge in [0.05, 0.1) is 5.69 Å². The second-order valence-corrected chi connectivity index (χ2v) is 3.42. The van der Waals surface area contributed by atoms with Crippen molar-refractivity contribution in [2.45, 2.75) is 0 Å². The van der Waals surface area contributed by atoms with Crippen LogP contribution in [0.15, 0.2) is 48.7 Å². The lowest BCUT2D eigenvalue weighted by Crippen LogP contribution is -2.34. The van der Waals surface area contributed by atoms with Gasteiger partial charge in [-0.15, -0.1) is 0 Å². The molecular weight excluding hydrogens is 214 g/mol. The number of hydrogen-bond donors (Lipinski definition) is 0. The molecule has 0 amide bonds. The zero-order valence-corrected chi connectivity index (χ0v) is 8.28. The first-order valence-electron chi connectivity index (χ1n) is 4.79. The number of hydrogen-bond acceptors (Lipinski definition) is 1. The van der Waals surface area contributed by atoms with Crippen molar-refractivity contribution >= 4 is 12.4 Å². The van der Waals surface area contributed by atoms with Crippen LogP contribution in [0.4, 0.5) is 12.9 Å². The van der Waals surface area contributed by atoms with Crippen molar-refractivity contribution in [3.63, 3.8) is 0 Å². The maximum absolute atomic E-state index is 12.3. The molecule has 0 N–H and O–H groups in total. The van der Waals surface area contributed by atoms with Gasteiger partial charge in [-0.25, -0.2) is 0 Å². The fourth-order valence-electron chi connectivity index (χ4n) is 1.38. The van der Waals surface area contributed by atoms with Crippen molar-refractivity contribution in [2.24, 2.45) is 0 Å². The van der Waals surface area contributed by atoms with Gasteiger partial charge in [-0.3, -0.25) is 4.98 Å². The smallest absolute Gasteiger partial charge is 0.445 e. The Hall–Kier alpha value is -1.78. The Morgan fingerprint density at radius 2 is 1.56 bits per heavy atom. The summed E-state index contributed by atoms with van der Waals surface area (Å²) < 4.78 is 37.0. The van der Waals surface area contributed by atoms with Crippen molar-refractivity contribution < 1.29 is 12.9 Å². The summed E-state index contributed by atoms with van der Waals surface area (Å²) >= 11 is 0. The maximum atomic E-state index is 12.3. The van der Waals surface area contributed by atoms with E-state index >= 15 is 0 Å². The Labute approximate surface area is 91.0 Å². The molecule has 1 aromatic heterocycles. The fraction of sp³-hybridized carbons (Fsp3) is 0. The van der Waals surface area contributed by atoms with Crippen LogP contribution in [-0.4, -0.2) is 12.0 Å². The zero-order valence-electron chi connectivity index (χ0n) is 8.28. The SMILES string of the molecule is F[B-](F)(F)c1ccc(-c2ccccc2)nc1. The Morgan fingerprint density at radius 3 is 2.06 bits per heavy atom. The first-order chi connectivity index (χ1) is 7.57. The molecule has 16 heavy (non-hydrogen) atoms. The lowest BCUT2D eigenvalue weighted by Gasteiger charge is -2.14. The number of pyridine rings is 1. The van der Waals surface area contributed by atoms with Gasteiger partial charge in [-0.2, -0.15) is 0 Å². The number of rotatable bonds is 2. The summed E-state index contributed by atoms with van der Waals surface area (Å²) in [6.07, 6.45) is 0.877. The second-order valence-electron chi connectivity index (χ2n) is 3.42. The number of nitrogens with zero attached hydrogens (tertiary/aromatic N) is 1. The molecule has 0 radical (unpaired) electrons. The summed E-state index contributed by atoms with van der Waals surface area (Å²) in [5.41, 5.74) is 0.688. The van der Waals surface area contributed by atoms with Crippen LogP contribution in [0.5, 0.6) is 0 Å². The minimum absolute atomic E-state index is 0.546. The van der Waals surface area contributed by atoms with E-state index in [0.29, 0.717) is 5.69 Å². The van der Waals surface area contributed by atoms with Gasteiger partial charge in [0.25, 0.3) is 0 Å². The normalized spacial score (nSPS) is 11.4. The van der Waals surface area contributed by atoms with E-state index in [1.165, 1.54) is 6.07 Å². The van der Waals surface area contributed by atoms with Crippen molar-refractivity contribution in [2.75, 3.05) is 0 Å². The zero-order chi connectivity index (χ0) is 11.6. The van der Waals surface area contributed by atoms with E-state index in [2.05, 4.69) is 4.98 Å². The molecule has 2 aromatic rings. The minimum atomic E-state index is -4.96. The second kappa shape index (κ2) is 4.00. The van der Waals surface area contributed by atoms with Gasteiger partial charge < -0.3 is 12.9 Å². The van der Waals surface area contributed by atoms with E-state index in [1.54, 1.807) is 12.1 Å². The van der Waals surface area contributed by atoms with Crippen molar-refractivity contribution in [3.05, 3.63) is 48.7 Å². The molecule has 5 heteroatoms. The highest BCUT2D eigenvalue weighted by Crippen LogP contribution is 2.16. The summed E-state index contributed by atoms with van der Waals surface area (Å²) in [5, 5.41) is 0. The molecule has 1 heterocycles. The van der Waals surface area contributed by atoms with Gasteiger partial charge in [0.1, 0.15) is 0 Å². The molecule has 1 aromatic carbocycles. The highest BCUT2D eigenvalue weighted by molar-refractivity contribution is 6.73. The monoisotopic (exact) mass is 222 g/mol. The van der Waals surface area contributed by atoms with Gasteiger partial charge in [0, 0.05) is 11.8 Å². The molecule has 0 bridgehead atoms. The first kappa shape index (κ1) is 10.7. The number of halogens is 3. The highest BCUT2D eigenvalue weighted by atomic mass is 19.4. The third kappa shape index (κ3) is 2.24. The van der Waals surface area contributed by atoms with E-state index in [9.17, 15) is 12.9 Å². The molecule has 0 aliphatic carbocycles. The van der Waals surface area contributed by atoms with Crippen molar-refractivity contribution in [1.29, 1.82) is 0 Å². The quantitative estimate of drug-likeness (QED) is 0.712. The number of aromatic nitrogens is 1. The van der Waals surface area contributed by atoms with Crippen LogP contribution in [0.25, 0.3) is 11.3 Å². The van der Waals surface area contributed by atoms with Crippen LogP contribution in [-0.2, 0) is 0 Å². The Bertz CT molecular complexity index is 465. The molecule has 0 aliphatic heterocycles. The average molecular weight is 222 g/mol. The predicted molar refractivity (Wildman–Crippen MR) is 58.4 cm³/mol. The van der Waals surface area contributed by atoms with Gasteiger partial charge in [0.2, 0.25) is 0 Å². The van der Waals surface area contributed by atoms with E-state index in [1.807, 2.05) is 18.2 Å². The average Bonchev–Trinajstić information content (AvgIpc) is 2.29. The summed E-state index contributed by atoms with van der Waals surface area (Å²) in [4.78, 5) is 3.81. The molecule has 82 valence electrons. The van der Waals surface area contributed by atoms with Crippen LogP contribution in [0.2, 0.25) is 0 Å². The minimum Gasteiger partial charge on any atom is -0.445 e. The van der Waals surface area contributed by atoms with E-state index in [4.69, 9.17) is 0 Å². The largest absolute Gasteiger partial charge is 0.511 e. The van der Waals surface area contributed by atoms with Crippen LogP contribution in [0, 0.1) is 0 Å². The molecule has 0 saturated carbocycles. The lowest BCUT2D eigenvalue weighted by molar-refractivity contribution is 0.500. The molecule has 0 spiro atoms. The molecule has 0 fully saturated rings. The molecule has 1 nitrogen and oxygen atoms in total. The topological polar surface area (TPSA) is 12.9 Å². The highest BCUT2D eigenvalue weighted by Gasteiger charge is 2.25. The first-order valence-corrected chi connectivity index (χ1v) is 4.79. The van der Waals surface area contributed by atoms with Crippen molar-refractivity contribution in [3.8, 4) is 11.3 Å². The van der Waals surface area contributed by atoms with E-state index in [-0.39, 0.29) is 0 Å². The molecule has 0 saturated heterocycles. The van der Waals surface area contributed by atoms with Gasteiger partial charge >= 0.3 is 6.98 Å². The van der Waals surface area contributed by atoms with Gasteiger partial charge in [-0.05, 0) is 6.07 Å². The van der Waals surface area contributed by atoms with Crippen molar-refractivity contribution in [1.82, 2.24) is 4.98 Å².